The lowest BCUT2D eigenvalue weighted by Gasteiger charge is -2.69. The SMILES string of the molecule is CC(C)C(Br)C1(O)CC2CC(C2(C)C)C1(C)O. The molecule has 2 nitrogen and oxygen atoms in total. The van der Waals surface area contributed by atoms with E-state index in [0.717, 1.165) is 6.42 Å². The van der Waals surface area contributed by atoms with E-state index in [1.165, 1.54) is 0 Å². The molecule has 0 spiro atoms. The van der Waals surface area contributed by atoms with Crippen molar-refractivity contribution in [3.8, 4) is 0 Å². The second-order valence-corrected chi connectivity index (χ2v) is 8.21. The van der Waals surface area contributed by atoms with Crippen molar-refractivity contribution in [2.75, 3.05) is 0 Å². The molecular weight excluding hydrogens is 280 g/mol. The molecule has 3 saturated carbocycles. The molecule has 0 heterocycles. The molecule has 0 aromatic carbocycles. The van der Waals surface area contributed by atoms with Gasteiger partial charge in [0.25, 0.3) is 0 Å². The van der Waals surface area contributed by atoms with Gasteiger partial charge in [-0.25, -0.2) is 0 Å². The van der Waals surface area contributed by atoms with Crippen LogP contribution in [0.1, 0.15) is 47.5 Å². The Balaban J connectivity index is 2.34. The van der Waals surface area contributed by atoms with E-state index in [0.29, 0.717) is 18.3 Å². The molecule has 2 bridgehead atoms. The summed E-state index contributed by atoms with van der Waals surface area (Å²) in [7, 11) is 0. The normalized spacial score (nSPS) is 49.9. The largest absolute Gasteiger partial charge is 0.387 e. The van der Waals surface area contributed by atoms with E-state index in [4.69, 9.17) is 0 Å². The summed E-state index contributed by atoms with van der Waals surface area (Å²) in [5, 5.41) is 21.8. The van der Waals surface area contributed by atoms with E-state index in [1.54, 1.807) is 0 Å². The molecule has 100 valence electrons. The van der Waals surface area contributed by atoms with Crippen LogP contribution >= 0.6 is 15.9 Å². The zero-order chi connectivity index (χ0) is 13.2. The number of rotatable bonds is 2. The highest BCUT2D eigenvalue weighted by Crippen LogP contribution is 2.66. The van der Waals surface area contributed by atoms with Crippen molar-refractivity contribution in [2.45, 2.75) is 63.5 Å². The Kier molecular flexibility index (Phi) is 3.01. The molecule has 17 heavy (non-hydrogen) atoms. The highest BCUT2D eigenvalue weighted by molar-refractivity contribution is 9.09. The fourth-order valence-electron chi connectivity index (χ4n) is 4.14. The summed E-state index contributed by atoms with van der Waals surface area (Å²) in [5.74, 6) is 1.06. The molecule has 0 saturated heterocycles. The molecule has 3 rings (SSSR count). The Labute approximate surface area is 113 Å². The summed E-state index contributed by atoms with van der Waals surface area (Å²) >= 11 is 3.61. The lowest BCUT2D eigenvalue weighted by atomic mass is 9.40. The van der Waals surface area contributed by atoms with Gasteiger partial charge >= 0.3 is 0 Å². The standard InChI is InChI=1S/C14H25BrO2/c1-8(2)11(15)14(17)7-9-6-10(12(9,3)4)13(14,5)16/h8-11,16-17H,6-7H2,1-5H3. The number of aliphatic hydroxyl groups is 2. The molecule has 3 aliphatic carbocycles. The van der Waals surface area contributed by atoms with Gasteiger partial charge in [0, 0.05) is 4.83 Å². The topological polar surface area (TPSA) is 40.5 Å². The summed E-state index contributed by atoms with van der Waals surface area (Å²) in [4.78, 5) is -0.0496. The third kappa shape index (κ3) is 1.58. The summed E-state index contributed by atoms with van der Waals surface area (Å²) in [6.45, 7) is 10.4. The maximum absolute atomic E-state index is 11.0. The van der Waals surface area contributed by atoms with Crippen LogP contribution in [0.5, 0.6) is 0 Å². The molecule has 3 heteroatoms. The number of hydrogen-bond acceptors (Lipinski definition) is 2. The molecular formula is C14H25BrO2. The van der Waals surface area contributed by atoms with Crippen molar-refractivity contribution in [3.63, 3.8) is 0 Å². The van der Waals surface area contributed by atoms with Gasteiger partial charge in [-0.1, -0.05) is 43.6 Å². The zero-order valence-electron chi connectivity index (χ0n) is 11.5. The van der Waals surface area contributed by atoms with Crippen LogP contribution < -0.4 is 0 Å². The van der Waals surface area contributed by atoms with Gasteiger partial charge in [0.05, 0.1) is 5.60 Å². The van der Waals surface area contributed by atoms with Crippen molar-refractivity contribution in [2.24, 2.45) is 23.2 Å². The van der Waals surface area contributed by atoms with E-state index in [-0.39, 0.29) is 16.2 Å². The van der Waals surface area contributed by atoms with Gasteiger partial charge in [0.15, 0.2) is 0 Å². The predicted octanol–water partition coefficient (Wildman–Crippen LogP) is 2.95. The van der Waals surface area contributed by atoms with Crippen LogP contribution in [0.25, 0.3) is 0 Å². The van der Waals surface area contributed by atoms with Gasteiger partial charge in [-0.05, 0) is 42.9 Å². The van der Waals surface area contributed by atoms with Crippen LogP contribution in [0.4, 0.5) is 0 Å². The minimum Gasteiger partial charge on any atom is -0.387 e. The highest BCUT2D eigenvalue weighted by Gasteiger charge is 2.70. The molecule has 2 N–H and O–H groups in total. The number of halogens is 1. The first-order valence-corrected chi connectivity index (χ1v) is 7.55. The van der Waals surface area contributed by atoms with Gasteiger partial charge in [-0.3, -0.25) is 0 Å². The minimum absolute atomic E-state index is 0.0496. The first-order chi connectivity index (χ1) is 7.55. The lowest BCUT2D eigenvalue weighted by Crippen LogP contribution is -2.75. The minimum atomic E-state index is -0.996. The van der Waals surface area contributed by atoms with Crippen LogP contribution in [-0.4, -0.2) is 26.2 Å². The van der Waals surface area contributed by atoms with E-state index >= 15 is 0 Å². The van der Waals surface area contributed by atoms with E-state index in [9.17, 15) is 10.2 Å². The summed E-state index contributed by atoms with van der Waals surface area (Å²) in [6, 6.07) is 0. The van der Waals surface area contributed by atoms with Crippen LogP contribution in [0, 0.1) is 23.2 Å². The van der Waals surface area contributed by atoms with Crippen LogP contribution in [0.2, 0.25) is 0 Å². The second-order valence-electron chi connectivity index (χ2n) is 7.23. The summed E-state index contributed by atoms with van der Waals surface area (Å²) in [5.41, 5.74) is -1.83. The van der Waals surface area contributed by atoms with Crippen LogP contribution in [0.15, 0.2) is 0 Å². The van der Waals surface area contributed by atoms with Crippen molar-refractivity contribution < 1.29 is 10.2 Å². The molecule has 5 atom stereocenters. The van der Waals surface area contributed by atoms with Crippen molar-refractivity contribution in [1.82, 2.24) is 0 Å². The number of fused-ring (bicyclic) bond motifs is 2. The maximum Gasteiger partial charge on any atom is 0.106 e. The van der Waals surface area contributed by atoms with E-state index < -0.39 is 11.2 Å². The Bertz CT molecular complexity index is 324. The maximum atomic E-state index is 11.0. The molecule has 0 aromatic heterocycles. The van der Waals surface area contributed by atoms with Crippen LogP contribution in [0.3, 0.4) is 0 Å². The van der Waals surface area contributed by atoms with E-state index in [1.807, 2.05) is 6.92 Å². The number of alkyl halides is 1. The zero-order valence-corrected chi connectivity index (χ0v) is 13.1. The second kappa shape index (κ2) is 3.71. The van der Waals surface area contributed by atoms with Crippen LogP contribution in [-0.2, 0) is 0 Å². The Morgan fingerprint density at radius 3 is 2.06 bits per heavy atom. The number of hydrogen-bond donors (Lipinski definition) is 2. The molecule has 0 aromatic rings. The Hall–Kier alpha value is 0.400. The Morgan fingerprint density at radius 2 is 1.71 bits per heavy atom. The smallest absolute Gasteiger partial charge is 0.106 e. The van der Waals surface area contributed by atoms with Crippen molar-refractivity contribution >= 4 is 15.9 Å². The summed E-state index contributed by atoms with van der Waals surface area (Å²) in [6.07, 6.45) is 1.76. The molecule has 3 fully saturated rings. The predicted molar refractivity (Wildman–Crippen MR) is 73.1 cm³/mol. The fraction of sp³-hybridized carbons (Fsp3) is 1.00. The fourth-order valence-corrected chi connectivity index (χ4v) is 4.79. The van der Waals surface area contributed by atoms with Gasteiger partial charge in [-0.2, -0.15) is 0 Å². The molecule has 3 aliphatic rings. The van der Waals surface area contributed by atoms with Gasteiger partial charge in [0.1, 0.15) is 5.60 Å². The monoisotopic (exact) mass is 304 g/mol. The average molecular weight is 305 g/mol. The van der Waals surface area contributed by atoms with Crippen molar-refractivity contribution in [3.05, 3.63) is 0 Å². The first kappa shape index (κ1) is 13.8. The molecule has 5 unspecified atom stereocenters. The van der Waals surface area contributed by atoms with Gasteiger partial charge in [0.2, 0.25) is 0 Å². The quantitative estimate of drug-likeness (QED) is 0.770. The third-order valence-electron chi connectivity index (χ3n) is 5.62. The van der Waals surface area contributed by atoms with Gasteiger partial charge in [-0.15, -0.1) is 0 Å². The van der Waals surface area contributed by atoms with Crippen molar-refractivity contribution in [1.29, 1.82) is 0 Å². The lowest BCUT2D eigenvalue weighted by molar-refractivity contribution is -0.292. The molecule has 0 amide bonds. The highest BCUT2D eigenvalue weighted by atomic mass is 79.9. The molecule has 0 aliphatic heterocycles. The van der Waals surface area contributed by atoms with E-state index in [2.05, 4.69) is 43.6 Å². The Morgan fingerprint density at radius 1 is 1.18 bits per heavy atom. The average Bonchev–Trinajstić information content (AvgIpc) is 2.19. The summed E-state index contributed by atoms with van der Waals surface area (Å²) < 4.78 is 0. The first-order valence-electron chi connectivity index (χ1n) is 6.64. The third-order valence-corrected chi connectivity index (χ3v) is 7.44. The molecule has 0 radical (unpaired) electrons. The van der Waals surface area contributed by atoms with Gasteiger partial charge < -0.3 is 10.2 Å².